The maximum Gasteiger partial charge on any atom is 0.411 e. The van der Waals surface area contributed by atoms with E-state index in [9.17, 15) is 23.1 Å². The summed E-state index contributed by atoms with van der Waals surface area (Å²) in [6, 6.07) is 11.7. The van der Waals surface area contributed by atoms with Crippen LogP contribution in [0.3, 0.4) is 0 Å². The Bertz CT molecular complexity index is 1280. The molecule has 10 heteroatoms. The molecule has 1 heterocycles. The van der Waals surface area contributed by atoms with Crippen LogP contribution < -0.4 is 0 Å². The van der Waals surface area contributed by atoms with Gasteiger partial charge in [-0.1, -0.05) is 42.3 Å². The van der Waals surface area contributed by atoms with Gasteiger partial charge in [0.25, 0.3) is 0 Å². The molecule has 1 saturated carbocycles. The second-order valence-electron chi connectivity index (χ2n) is 13.0. The Morgan fingerprint density at radius 2 is 1.76 bits per heavy atom. The average molecular weight is 669 g/mol. The molecule has 1 aliphatic carbocycles. The van der Waals surface area contributed by atoms with Crippen molar-refractivity contribution >= 4 is 30.2 Å². The van der Waals surface area contributed by atoms with E-state index in [1.165, 1.54) is 30.4 Å². The number of piperidine rings is 1. The number of benzene rings is 2. The second kappa shape index (κ2) is 15.9. The van der Waals surface area contributed by atoms with Gasteiger partial charge in [0.1, 0.15) is 6.61 Å². The first-order valence-corrected chi connectivity index (χ1v) is 17.1. The number of hydrogen-bond acceptors (Lipinski definition) is 5. The van der Waals surface area contributed by atoms with E-state index in [2.05, 4.69) is 24.0 Å². The van der Waals surface area contributed by atoms with Gasteiger partial charge in [0.2, 0.25) is 0 Å². The fourth-order valence-corrected chi connectivity index (χ4v) is 7.76. The molecular formula is C35H48ClF3N2O3S. The van der Waals surface area contributed by atoms with Gasteiger partial charge < -0.3 is 14.7 Å². The molecule has 0 spiro atoms. The van der Waals surface area contributed by atoms with Crippen molar-refractivity contribution in [1.82, 2.24) is 9.80 Å². The van der Waals surface area contributed by atoms with Crippen molar-refractivity contribution in [2.24, 2.45) is 0 Å². The van der Waals surface area contributed by atoms with Crippen LogP contribution in [0.1, 0.15) is 97.4 Å². The zero-order chi connectivity index (χ0) is 32.8. The number of halogens is 4. The molecule has 2 fully saturated rings. The molecule has 4 rings (SSSR count). The van der Waals surface area contributed by atoms with Crippen molar-refractivity contribution in [3.05, 3.63) is 69.2 Å². The maximum atomic E-state index is 13.1. The number of carbonyl (C=O) groups is 1. The molecule has 0 aromatic heterocycles. The minimum atomic E-state index is -4.35. The third kappa shape index (κ3) is 9.40. The second-order valence-corrected chi connectivity index (χ2v) is 14.1. The molecule has 5 nitrogen and oxygen atoms in total. The molecule has 1 saturated heterocycles. The first-order valence-electron chi connectivity index (χ1n) is 16.2. The van der Waals surface area contributed by atoms with Gasteiger partial charge in [-0.3, -0.25) is 4.90 Å². The van der Waals surface area contributed by atoms with Crippen molar-refractivity contribution in [3.8, 4) is 0 Å². The lowest BCUT2D eigenvalue weighted by molar-refractivity contribution is -0.188. The summed E-state index contributed by atoms with van der Waals surface area (Å²) in [5.74, 6) is -0.841. The number of carboxylic acid groups (broad SMARTS) is 1. The summed E-state index contributed by atoms with van der Waals surface area (Å²) >= 11 is 11.4. The largest absolute Gasteiger partial charge is 0.479 e. The minimum absolute atomic E-state index is 0.0117. The van der Waals surface area contributed by atoms with Gasteiger partial charge in [0, 0.05) is 11.6 Å². The number of carboxylic acids is 1. The highest BCUT2D eigenvalue weighted by molar-refractivity contribution is 7.82. The molecule has 1 aliphatic heterocycles. The van der Waals surface area contributed by atoms with E-state index in [0.717, 1.165) is 43.6 Å². The van der Waals surface area contributed by atoms with Crippen molar-refractivity contribution in [3.63, 3.8) is 0 Å². The Morgan fingerprint density at radius 3 is 2.40 bits per heavy atom. The Morgan fingerprint density at radius 1 is 1.07 bits per heavy atom. The molecule has 0 unspecified atom stereocenters. The van der Waals surface area contributed by atoms with E-state index >= 15 is 0 Å². The quantitative estimate of drug-likeness (QED) is 0.165. The minimum Gasteiger partial charge on any atom is -0.479 e. The number of nitrogens with zero attached hydrogens (tertiary/aromatic N) is 2. The van der Waals surface area contributed by atoms with Crippen LogP contribution in [0.5, 0.6) is 0 Å². The fourth-order valence-electron chi connectivity index (χ4n) is 7.28. The fraction of sp³-hybridized carbons (Fsp3) is 0.629. The summed E-state index contributed by atoms with van der Waals surface area (Å²) in [4.78, 5) is 15.9. The van der Waals surface area contributed by atoms with Gasteiger partial charge in [-0.15, -0.1) is 12.6 Å². The summed E-state index contributed by atoms with van der Waals surface area (Å²) in [6.07, 6.45) is 2.87. The Hall–Kier alpha value is -1.78. The number of aliphatic carboxylic acids is 1. The molecule has 0 amide bonds. The lowest BCUT2D eigenvalue weighted by atomic mass is 9.77. The number of thiol groups is 1. The molecule has 2 atom stereocenters. The predicted octanol–water partition coefficient (Wildman–Crippen LogP) is 8.71. The van der Waals surface area contributed by atoms with Crippen LogP contribution in [0, 0.1) is 13.8 Å². The smallest absolute Gasteiger partial charge is 0.411 e. The molecule has 2 aromatic carbocycles. The number of rotatable bonds is 13. The summed E-state index contributed by atoms with van der Waals surface area (Å²) in [7, 11) is 1.82. The summed E-state index contributed by atoms with van der Waals surface area (Å²) in [5, 5.41) is 11.4. The highest BCUT2D eigenvalue weighted by atomic mass is 35.5. The van der Waals surface area contributed by atoms with Crippen molar-refractivity contribution in [2.45, 2.75) is 101 Å². The van der Waals surface area contributed by atoms with E-state index in [1.54, 1.807) is 0 Å². The van der Waals surface area contributed by atoms with Gasteiger partial charge in [0.05, 0.1) is 6.10 Å². The normalized spacial score (nSPS) is 21.9. The van der Waals surface area contributed by atoms with Crippen LogP contribution in [0.15, 0.2) is 36.4 Å². The summed E-state index contributed by atoms with van der Waals surface area (Å²) in [5.41, 5.74) is 4.91. The first kappa shape index (κ1) is 36.1. The van der Waals surface area contributed by atoms with Gasteiger partial charge >= 0.3 is 12.1 Å². The lowest BCUT2D eigenvalue weighted by Crippen LogP contribution is -2.47. The molecule has 0 radical (unpaired) electrons. The van der Waals surface area contributed by atoms with Crippen molar-refractivity contribution < 1.29 is 27.8 Å². The van der Waals surface area contributed by atoms with E-state index in [-0.39, 0.29) is 11.8 Å². The Labute approximate surface area is 276 Å². The van der Waals surface area contributed by atoms with E-state index < -0.39 is 29.7 Å². The van der Waals surface area contributed by atoms with Crippen LogP contribution in [0.4, 0.5) is 13.2 Å². The highest BCUT2D eigenvalue weighted by Gasteiger charge is 2.44. The molecule has 0 bridgehead atoms. The van der Waals surface area contributed by atoms with Crippen LogP contribution in [-0.2, 0) is 14.4 Å². The van der Waals surface area contributed by atoms with Crippen molar-refractivity contribution in [2.75, 3.05) is 39.8 Å². The predicted molar refractivity (Wildman–Crippen MR) is 178 cm³/mol. The maximum absolute atomic E-state index is 13.1. The zero-order valence-corrected chi connectivity index (χ0v) is 28.4. The number of likely N-dealkylation sites (tertiary alicyclic amines) is 1. The standard InChI is InChI=1S/C35H48ClF3N2O3S/c1-24-10-13-28(36)22-30(24)26(17-21-41-18-5-4-6-19-41)16-20-40(3)35(45,33(42)43)31-9-7-8-25(2)32(31)27-11-14-29(15-12-27)44-23-34(37,38)39/h7-10,13,22,26-27,29,45H,4-6,11-12,14-21,23H2,1-3H3,(H,42,43)/t26-,27?,29?,35+/m1/s1. The van der Waals surface area contributed by atoms with E-state index in [1.807, 2.05) is 43.1 Å². The van der Waals surface area contributed by atoms with Crippen molar-refractivity contribution in [1.29, 1.82) is 0 Å². The van der Waals surface area contributed by atoms with Gasteiger partial charge in [-0.05, 0) is 144 Å². The number of likely N-dealkylation sites (N-methyl/N-ethyl adjacent to an activating group) is 1. The van der Waals surface area contributed by atoms with Crippen LogP contribution in [0.25, 0.3) is 0 Å². The molecule has 2 aromatic rings. The van der Waals surface area contributed by atoms with Gasteiger partial charge in [0.15, 0.2) is 4.87 Å². The number of ether oxygens (including phenoxy) is 1. The molecule has 250 valence electrons. The molecular weight excluding hydrogens is 621 g/mol. The lowest BCUT2D eigenvalue weighted by Gasteiger charge is -2.39. The van der Waals surface area contributed by atoms with Crippen LogP contribution in [-0.4, -0.2) is 73.0 Å². The summed E-state index contributed by atoms with van der Waals surface area (Å²) in [6.45, 7) is 6.56. The molecule has 45 heavy (non-hydrogen) atoms. The van der Waals surface area contributed by atoms with E-state index in [0.29, 0.717) is 42.8 Å². The number of hydrogen-bond donors (Lipinski definition) is 2. The number of alkyl halides is 3. The monoisotopic (exact) mass is 668 g/mol. The first-order chi connectivity index (χ1) is 21.3. The van der Waals surface area contributed by atoms with Crippen LogP contribution >= 0.6 is 24.2 Å². The number of aryl methyl sites for hydroxylation is 2. The third-order valence-electron chi connectivity index (χ3n) is 9.85. The summed E-state index contributed by atoms with van der Waals surface area (Å²) < 4.78 is 43.3. The Kier molecular flexibility index (Phi) is 12.7. The molecule has 2 aliphatic rings. The highest BCUT2D eigenvalue weighted by Crippen LogP contribution is 2.44. The Balaban J connectivity index is 1.54. The molecule has 1 N–H and O–H groups in total. The van der Waals surface area contributed by atoms with Crippen LogP contribution in [0.2, 0.25) is 5.02 Å². The SMILES string of the molecule is Cc1ccc(Cl)cc1[C@@H](CCN1CCCCC1)CCN(C)[C@@](S)(C(=O)O)c1cccc(C)c1C1CCC(OCC(F)(F)F)CC1. The topological polar surface area (TPSA) is 53.0 Å². The third-order valence-corrected chi connectivity index (χ3v) is 10.9. The zero-order valence-electron chi connectivity index (χ0n) is 26.7. The van der Waals surface area contributed by atoms with Gasteiger partial charge in [-0.2, -0.15) is 13.2 Å². The average Bonchev–Trinajstić information content (AvgIpc) is 3.01. The van der Waals surface area contributed by atoms with E-state index in [4.69, 9.17) is 29.0 Å². The van der Waals surface area contributed by atoms with Gasteiger partial charge in [-0.25, -0.2) is 4.79 Å².